The Morgan fingerprint density at radius 3 is 2.54 bits per heavy atom. The van der Waals surface area contributed by atoms with Crippen molar-refractivity contribution < 1.29 is 24.6 Å². The number of rotatable bonds is 2. The molecule has 5 nitrogen and oxygen atoms in total. The fourth-order valence-corrected chi connectivity index (χ4v) is 7.07. The average molecular weight is 360 g/mol. The number of hydrogen-bond donors (Lipinski definition) is 2. The summed E-state index contributed by atoms with van der Waals surface area (Å²) in [6, 6.07) is 0. The number of aliphatic hydroxyl groups excluding tert-OH is 1. The van der Waals surface area contributed by atoms with Gasteiger partial charge in [-0.15, -0.1) is 0 Å². The van der Waals surface area contributed by atoms with Crippen LogP contribution in [0.4, 0.5) is 0 Å². The van der Waals surface area contributed by atoms with Gasteiger partial charge in [0, 0.05) is 11.8 Å². The molecule has 4 aliphatic rings. The van der Waals surface area contributed by atoms with Crippen molar-refractivity contribution in [2.75, 3.05) is 6.61 Å². The maximum atomic E-state index is 12.3. The van der Waals surface area contributed by atoms with E-state index in [1.807, 2.05) is 6.92 Å². The number of aliphatic hydroxyl groups is 2. The van der Waals surface area contributed by atoms with Crippen LogP contribution in [0.1, 0.15) is 58.8 Å². The van der Waals surface area contributed by atoms with Crippen molar-refractivity contribution in [3.05, 3.63) is 11.6 Å². The van der Waals surface area contributed by atoms with E-state index in [1.54, 1.807) is 6.08 Å². The number of allylic oxidation sites excluding steroid dienone is 1. The second-order valence-corrected chi connectivity index (χ2v) is 9.40. The van der Waals surface area contributed by atoms with Gasteiger partial charge in [0.1, 0.15) is 12.2 Å². The van der Waals surface area contributed by atoms with E-state index in [4.69, 9.17) is 0 Å². The molecule has 0 amide bonds. The number of hydrogen-bond acceptors (Lipinski definition) is 5. The first-order chi connectivity index (χ1) is 12.2. The van der Waals surface area contributed by atoms with Crippen molar-refractivity contribution >= 4 is 17.3 Å². The monoisotopic (exact) mass is 360 g/mol. The predicted molar refractivity (Wildman–Crippen MR) is 94.1 cm³/mol. The molecule has 0 radical (unpaired) electrons. The van der Waals surface area contributed by atoms with Gasteiger partial charge in [-0.25, -0.2) is 0 Å². The Balaban J connectivity index is 1.70. The van der Waals surface area contributed by atoms with Crippen molar-refractivity contribution in [1.29, 1.82) is 0 Å². The van der Waals surface area contributed by atoms with Gasteiger partial charge >= 0.3 is 0 Å². The Kier molecular flexibility index (Phi) is 3.88. The molecular weight excluding hydrogens is 332 g/mol. The summed E-state index contributed by atoms with van der Waals surface area (Å²) in [5.41, 5.74) is -1.10. The third kappa shape index (κ3) is 2.07. The van der Waals surface area contributed by atoms with Crippen molar-refractivity contribution in [3.8, 4) is 0 Å². The molecule has 0 bridgehead atoms. The Morgan fingerprint density at radius 2 is 1.85 bits per heavy atom. The van der Waals surface area contributed by atoms with E-state index in [0.29, 0.717) is 31.1 Å². The lowest BCUT2D eigenvalue weighted by molar-refractivity contribution is -0.165. The Morgan fingerprint density at radius 1 is 1.15 bits per heavy atom. The van der Waals surface area contributed by atoms with Crippen LogP contribution in [0.25, 0.3) is 0 Å². The minimum atomic E-state index is -1.44. The lowest BCUT2D eigenvalue weighted by Crippen LogP contribution is -2.58. The fraction of sp³-hybridized carbons (Fsp3) is 0.762. The molecule has 0 unspecified atom stereocenters. The molecule has 0 aromatic rings. The highest BCUT2D eigenvalue weighted by atomic mass is 16.3. The zero-order chi connectivity index (χ0) is 18.9. The second-order valence-electron chi connectivity index (χ2n) is 9.40. The first kappa shape index (κ1) is 18.1. The van der Waals surface area contributed by atoms with Crippen LogP contribution in [0.5, 0.6) is 0 Å². The SMILES string of the molecule is C[C@]12CC(=O)C(=O)C=C1CC[C@@H]1[C@@H]2CC[C@@]2(C)[C@H]1CC[C@]2(O)C(=O)CO. The lowest BCUT2D eigenvalue weighted by Gasteiger charge is -2.58. The van der Waals surface area contributed by atoms with Crippen LogP contribution in [0.2, 0.25) is 0 Å². The molecule has 0 aromatic heterocycles. The summed E-state index contributed by atoms with van der Waals surface area (Å²) in [7, 11) is 0. The van der Waals surface area contributed by atoms with Crippen molar-refractivity contribution in [2.45, 2.75) is 64.4 Å². The lowest BCUT2D eigenvalue weighted by atomic mass is 9.46. The van der Waals surface area contributed by atoms with Crippen molar-refractivity contribution in [2.24, 2.45) is 28.6 Å². The van der Waals surface area contributed by atoms with Gasteiger partial charge in [0.2, 0.25) is 11.6 Å². The van der Waals surface area contributed by atoms with Gasteiger partial charge < -0.3 is 10.2 Å². The number of Topliss-reactive ketones (excluding diaryl/α,β-unsaturated/α-hetero) is 2. The Labute approximate surface area is 153 Å². The maximum Gasteiger partial charge on any atom is 0.221 e. The third-order valence-corrected chi connectivity index (χ3v) is 8.60. The molecule has 142 valence electrons. The highest BCUT2D eigenvalue weighted by molar-refractivity contribution is 6.42. The number of carbonyl (C=O) groups excluding carboxylic acids is 3. The van der Waals surface area contributed by atoms with Gasteiger partial charge in [-0.1, -0.05) is 19.4 Å². The third-order valence-electron chi connectivity index (χ3n) is 8.60. The summed E-state index contributed by atoms with van der Waals surface area (Å²) in [6.45, 7) is 3.52. The number of carbonyl (C=O) groups is 3. The zero-order valence-corrected chi connectivity index (χ0v) is 15.6. The molecule has 0 saturated heterocycles. The molecule has 26 heavy (non-hydrogen) atoms. The Hall–Kier alpha value is -1.33. The first-order valence-electron chi connectivity index (χ1n) is 9.82. The van der Waals surface area contributed by atoms with E-state index < -0.39 is 23.4 Å². The second kappa shape index (κ2) is 5.59. The van der Waals surface area contributed by atoms with Crippen LogP contribution in [-0.4, -0.2) is 39.8 Å². The highest BCUT2D eigenvalue weighted by Gasteiger charge is 2.66. The predicted octanol–water partition coefficient (Wildman–Crippen LogP) is 1.99. The molecule has 4 rings (SSSR count). The minimum absolute atomic E-state index is 0.216. The van der Waals surface area contributed by atoms with E-state index in [9.17, 15) is 24.6 Å². The van der Waals surface area contributed by atoms with Crippen LogP contribution in [0, 0.1) is 28.6 Å². The quantitative estimate of drug-likeness (QED) is 0.735. The summed E-state index contributed by atoms with van der Waals surface area (Å²) in [5, 5.41) is 20.5. The minimum Gasteiger partial charge on any atom is -0.388 e. The molecule has 2 N–H and O–H groups in total. The average Bonchev–Trinajstić information content (AvgIpc) is 2.88. The largest absolute Gasteiger partial charge is 0.388 e. The molecule has 3 saturated carbocycles. The maximum absolute atomic E-state index is 12.3. The van der Waals surface area contributed by atoms with Crippen LogP contribution in [0.15, 0.2) is 11.6 Å². The highest BCUT2D eigenvalue weighted by Crippen LogP contribution is 2.67. The van der Waals surface area contributed by atoms with Gasteiger partial charge in [-0.2, -0.15) is 0 Å². The van der Waals surface area contributed by atoms with Crippen LogP contribution < -0.4 is 0 Å². The molecule has 0 aliphatic heterocycles. The standard InChI is InChI=1S/C21H28O5/c1-19-10-17(24)16(23)9-12(19)3-4-13-14(19)5-7-20(2)15(13)6-8-21(20,26)18(25)11-22/h9,13-15,22,26H,3-8,10-11H2,1-2H3/t13-,14+,15+,19+,20+,21+/m1/s1. The van der Waals surface area contributed by atoms with E-state index in [0.717, 1.165) is 31.3 Å². The Bertz CT molecular complexity index is 724. The summed E-state index contributed by atoms with van der Waals surface area (Å²) >= 11 is 0. The fourth-order valence-electron chi connectivity index (χ4n) is 7.07. The molecule has 0 aromatic carbocycles. The van der Waals surface area contributed by atoms with Gasteiger partial charge in [0.05, 0.1) is 0 Å². The smallest absolute Gasteiger partial charge is 0.221 e. The van der Waals surface area contributed by atoms with E-state index >= 15 is 0 Å². The topological polar surface area (TPSA) is 91.7 Å². The molecule has 5 heteroatoms. The van der Waals surface area contributed by atoms with E-state index in [1.165, 1.54) is 0 Å². The molecular formula is C21H28O5. The summed E-state index contributed by atoms with van der Waals surface area (Å²) < 4.78 is 0. The van der Waals surface area contributed by atoms with Gasteiger partial charge in [0.15, 0.2) is 5.78 Å². The summed E-state index contributed by atoms with van der Waals surface area (Å²) in [4.78, 5) is 36.3. The molecule has 4 aliphatic carbocycles. The summed E-state index contributed by atoms with van der Waals surface area (Å²) in [5.74, 6) is -0.236. The molecule has 3 fully saturated rings. The normalized spacial score (nSPS) is 47.7. The first-order valence-corrected chi connectivity index (χ1v) is 9.82. The van der Waals surface area contributed by atoms with Crippen molar-refractivity contribution in [3.63, 3.8) is 0 Å². The summed E-state index contributed by atoms with van der Waals surface area (Å²) in [6.07, 6.45) is 6.38. The van der Waals surface area contributed by atoms with Crippen LogP contribution in [0.3, 0.4) is 0 Å². The van der Waals surface area contributed by atoms with E-state index in [2.05, 4.69) is 6.92 Å². The molecule has 0 heterocycles. The van der Waals surface area contributed by atoms with Gasteiger partial charge in [-0.3, -0.25) is 14.4 Å². The van der Waals surface area contributed by atoms with Crippen molar-refractivity contribution in [1.82, 2.24) is 0 Å². The molecule has 6 atom stereocenters. The number of ketones is 3. The zero-order valence-electron chi connectivity index (χ0n) is 15.6. The van der Waals surface area contributed by atoms with Crippen LogP contribution in [-0.2, 0) is 14.4 Å². The van der Waals surface area contributed by atoms with E-state index in [-0.39, 0.29) is 22.9 Å². The van der Waals surface area contributed by atoms with Crippen LogP contribution >= 0.6 is 0 Å². The van der Waals surface area contributed by atoms with Gasteiger partial charge in [0.25, 0.3) is 0 Å². The molecule has 0 spiro atoms. The number of fused-ring (bicyclic) bond motifs is 5. The van der Waals surface area contributed by atoms with Gasteiger partial charge in [-0.05, 0) is 67.8 Å².